The predicted octanol–water partition coefficient (Wildman–Crippen LogP) is 2.85. The number of rotatable bonds is 6. The number of imide groups is 1. The lowest BCUT2D eigenvalue weighted by atomic mass is 9.87. The standard InChI is InChI=1S/C23H22N2O4S/c1-29-12-5-11-24-22(27)18-16-10-9-14-6-2-3-7-15(14)25(16)20(19(18)23(24)28)21(26)17-8-4-13-30-17/h2-4,6-10,13,16,18-20H,5,11-12H2,1H3/t16-,18+,19-,20+/m1/s1. The zero-order valence-electron chi connectivity index (χ0n) is 16.6. The van der Waals surface area contributed by atoms with Crippen molar-refractivity contribution in [2.75, 3.05) is 25.2 Å². The Morgan fingerprint density at radius 3 is 2.67 bits per heavy atom. The van der Waals surface area contributed by atoms with Gasteiger partial charge in [0.15, 0.2) is 5.78 Å². The molecule has 0 saturated carbocycles. The highest BCUT2D eigenvalue weighted by Gasteiger charge is 2.63. The van der Waals surface area contributed by atoms with Gasteiger partial charge in [0, 0.05) is 25.9 Å². The number of para-hydroxylation sites is 1. The molecule has 1 aromatic heterocycles. The number of hydrogen-bond acceptors (Lipinski definition) is 6. The van der Waals surface area contributed by atoms with Crippen LogP contribution in [-0.2, 0) is 14.3 Å². The number of anilines is 1. The number of ketones is 1. The molecule has 154 valence electrons. The van der Waals surface area contributed by atoms with E-state index in [9.17, 15) is 14.4 Å². The molecule has 3 aliphatic rings. The van der Waals surface area contributed by atoms with E-state index in [-0.39, 0.29) is 23.6 Å². The summed E-state index contributed by atoms with van der Waals surface area (Å²) in [6.45, 7) is 0.804. The maximum atomic E-state index is 13.6. The lowest BCUT2D eigenvalue weighted by molar-refractivity contribution is -0.140. The van der Waals surface area contributed by atoms with Gasteiger partial charge in [0.05, 0.1) is 22.8 Å². The van der Waals surface area contributed by atoms with Gasteiger partial charge in [-0.3, -0.25) is 19.3 Å². The van der Waals surface area contributed by atoms with Crippen molar-refractivity contribution in [3.63, 3.8) is 0 Å². The van der Waals surface area contributed by atoms with Crippen LogP contribution in [-0.4, -0.2) is 54.8 Å². The quantitative estimate of drug-likeness (QED) is 0.407. The Morgan fingerprint density at radius 1 is 1.10 bits per heavy atom. The Kier molecular flexibility index (Phi) is 4.79. The number of benzene rings is 1. The molecule has 0 unspecified atom stereocenters. The molecule has 0 radical (unpaired) electrons. The molecule has 0 spiro atoms. The summed E-state index contributed by atoms with van der Waals surface area (Å²) in [5.41, 5.74) is 1.90. The molecule has 4 atom stereocenters. The number of amides is 2. The average Bonchev–Trinajstić information content (AvgIpc) is 3.46. The molecule has 1 aromatic carbocycles. The van der Waals surface area contributed by atoms with Crippen LogP contribution >= 0.6 is 11.3 Å². The van der Waals surface area contributed by atoms with Gasteiger partial charge >= 0.3 is 0 Å². The second kappa shape index (κ2) is 7.49. The summed E-state index contributed by atoms with van der Waals surface area (Å²) in [4.78, 5) is 44.2. The summed E-state index contributed by atoms with van der Waals surface area (Å²) >= 11 is 1.37. The number of nitrogens with zero attached hydrogens (tertiary/aromatic N) is 2. The first-order valence-electron chi connectivity index (χ1n) is 10.1. The first-order chi connectivity index (χ1) is 14.6. The zero-order chi connectivity index (χ0) is 20.8. The van der Waals surface area contributed by atoms with Gasteiger partial charge in [-0.15, -0.1) is 11.3 Å². The third-order valence-electron chi connectivity index (χ3n) is 6.27. The molecule has 6 nitrogen and oxygen atoms in total. The fourth-order valence-corrected chi connectivity index (χ4v) is 5.72. The number of thiophene rings is 1. The molecule has 0 bridgehead atoms. The monoisotopic (exact) mass is 422 g/mol. The molecule has 5 rings (SSSR count). The molecule has 3 aliphatic heterocycles. The van der Waals surface area contributed by atoms with Crippen LogP contribution in [0.3, 0.4) is 0 Å². The van der Waals surface area contributed by atoms with Crippen molar-refractivity contribution in [3.8, 4) is 0 Å². The van der Waals surface area contributed by atoms with E-state index in [1.165, 1.54) is 16.2 Å². The van der Waals surface area contributed by atoms with Gasteiger partial charge in [0.2, 0.25) is 11.8 Å². The van der Waals surface area contributed by atoms with Crippen LogP contribution in [0.2, 0.25) is 0 Å². The summed E-state index contributed by atoms with van der Waals surface area (Å²) in [5.74, 6) is -1.72. The van der Waals surface area contributed by atoms with Crippen molar-refractivity contribution in [1.82, 2.24) is 4.90 Å². The van der Waals surface area contributed by atoms with E-state index in [1.54, 1.807) is 13.2 Å². The third-order valence-corrected chi connectivity index (χ3v) is 7.15. The molecule has 30 heavy (non-hydrogen) atoms. The Labute approximate surface area is 178 Å². The first-order valence-corrected chi connectivity index (χ1v) is 11.0. The summed E-state index contributed by atoms with van der Waals surface area (Å²) in [5, 5.41) is 1.86. The van der Waals surface area contributed by atoms with Crippen LogP contribution < -0.4 is 4.90 Å². The van der Waals surface area contributed by atoms with Crippen molar-refractivity contribution in [1.29, 1.82) is 0 Å². The van der Waals surface area contributed by atoms with E-state index in [0.717, 1.165) is 11.3 Å². The van der Waals surface area contributed by atoms with Crippen LogP contribution in [0, 0.1) is 11.8 Å². The van der Waals surface area contributed by atoms with Crippen molar-refractivity contribution in [2.24, 2.45) is 11.8 Å². The molecule has 2 aromatic rings. The lowest BCUT2D eigenvalue weighted by Crippen LogP contribution is -2.48. The first kappa shape index (κ1) is 19.2. The molecule has 0 aliphatic carbocycles. The second-order valence-corrected chi connectivity index (χ2v) is 8.78. The molecular weight excluding hydrogens is 400 g/mol. The SMILES string of the molecule is COCCCN1C(=O)[C@@H]2[C@@H](C1=O)[C@@H](C(=O)c1cccs1)N1c3ccccc3C=C[C@H]21. The summed E-state index contributed by atoms with van der Waals surface area (Å²) in [6.07, 6.45) is 4.56. The number of fused-ring (bicyclic) bond motifs is 5. The van der Waals surface area contributed by atoms with Gasteiger partial charge in [-0.1, -0.05) is 36.4 Å². The van der Waals surface area contributed by atoms with E-state index in [2.05, 4.69) is 0 Å². The lowest BCUT2D eigenvalue weighted by Gasteiger charge is -2.36. The average molecular weight is 423 g/mol. The highest BCUT2D eigenvalue weighted by molar-refractivity contribution is 7.12. The van der Waals surface area contributed by atoms with E-state index in [1.807, 2.05) is 52.8 Å². The topological polar surface area (TPSA) is 66.9 Å². The molecule has 7 heteroatoms. The van der Waals surface area contributed by atoms with Crippen molar-refractivity contribution in [3.05, 3.63) is 58.3 Å². The largest absolute Gasteiger partial charge is 0.385 e. The minimum Gasteiger partial charge on any atom is -0.385 e. The van der Waals surface area contributed by atoms with Gasteiger partial charge in [-0.25, -0.2) is 0 Å². The molecule has 0 N–H and O–H groups in total. The molecule has 2 amide bonds. The number of carbonyl (C=O) groups is 3. The van der Waals surface area contributed by atoms with Gasteiger partial charge in [-0.2, -0.15) is 0 Å². The van der Waals surface area contributed by atoms with Crippen LogP contribution in [0.15, 0.2) is 47.9 Å². The smallest absolute Gasteiger partial charge is 0.235 e. The Morgan fingerprint density at radius 2 is 1.90 bits per heavy atom. The number of Topliss-reactive ketones (excluding diaryl/α,β-unsaturated/α-hetero) is 1. The fourth-order valence-electron chi connectivity index (χ4n) is 5.03. The zero-order valence-corrected chi connectivity index (χ0v) is 17.4. The van der Waals surface area contributed by atoms with E-state index < -0.39 is 17.9 Å². The predicted molar refractivity (Wildman–Crippen MR) is 114 cm³/mol. The summed E-state index contributed by atoms with van der Waals surface area (Å²) in [7, 11) is 1.60. The van der Waals surface area contributed by atoms with E-state index >= 15 is 0 Å². The fraction of sp³-hybridized carbons (Fsp3) is 0.348. The molecule has 2 saturated heterocycles. The number of hydrogen-bond donors (Lipinski definition) is 0. The maximum absolute atomic E-state index is 13.6. The van der Waals surface area contributed by atoms with E-state index in [4.69, 9.17) is 4.74 Å². The van der Waals surface area contributed by atoms with Crippen LogP contribution in [0.1, 0.15) is 21.7 Å². The van der Waals surface area contributed by atoms with Crippen LogP contribution in [0.25, 0.3) is 6.08 Å². The Balaban J connectivity index is 1.58. The van der Waals surface area contributed by atoms with Crippen molar-refractivity contribution < 1.29 is 19.1 Å². The second-order valence-electron chi connectivity index (χ2n) is 7.83. The number of likely N-dealkylation sites (tertiary alicyclic amines) is 1. The highest BCUT2D eigenvalue weighted by atomic mass is 32.1. The molecule has 2 fully saturated rings. The number of ether oxygens (including phenoxy) is 1. The minimum atomic E-state index is -0.686. The highest BCUT2D eigenvalue weighted by Crippen LogP contribution is 2.49. The van der Waals surface area contributed by atoms with Gasteiger partial charge in [0.1, 0.15) is 6.04 Å². The summed E-state index contributed by atoms with van der Waals surface area (Å²) in [6, 6.07) is 10.5. The Hall–Kier alpha value is -2.77. The molecule has 4 heterocycles. The number of methoxy groups -OCH3 is 1. The number of carbonyl (C=O) groups excluding carboxylic acids is 3. The normalized spacial score (nSPS) is 26.7. The Bertz CT molecular complexity index is 1030. The van der Waals surface area contributed by atoms with Gasteiger partial charge in [-0.05, 0) is 29.5 Å². The van der Waals surface area contributed by atoms with E-state index in [0.29, 0.717) is 24.4 Å². The molecular formula is C23H22N2O4S. The maximum Gasteiger partial charge on any atom is 0.235 e. The van der Waals surface area contributed by atoms with Crippen molar-refractivity contribution in [2.45, 2.75) is 18.5 Å². The van der Waals surface area contributed by atoms with Gasteiger partial charge < -0.3 is 9.64 Å². The van der Waals surface area contributed by atoms with Crippen LogP contribution in [0.4, 0.5) is 5.69 Å². The minimum absolute atomic E-state index is 0.0903. The van der Waals surface area contributed by atoms with Crippen LogP contribution in [0.5, 0.6) is 0 Å². The van der Waals surface area contributed by atoms with Crippen molar-refractivity contribution >= 4 is 40.7 Å². The van der Waals surface area contributed by atoms with Gasteiger partial charge in [0.25, 0.3) is 0 Å². The summed E-state index contributed by atoms with van der Waals surface area (Å²) < 4.78 is 5.08. The third kappa shape index (κ3) is 2.76.